The summed E-state index contributed by atoms with van der Waals surface area (Å²) in [5.74, 6) is 3.29. The van der Waals surface area contributed by atoms with Gasteiger partial charge in [0.25, 0.3) is 0 Å². The van der Waals surface area contributed by atoms with Gasteiger partial charge in [0.15, 0.2) is 5.82 Å². The van der Waals surface area contributed by atoms with E-state index >= 15 is 0 Å². The van der Waals surface area contributed by atoms with E-state index in [9.17, 15) is 4.79 Å². The zero-order chi connectivity index (χ0) is 20.8. The summed E-state index contributed by atoms with van der Waals surface area (Å²) in [5.41, 5.74) is 1.13. The highest BCUT2D eigenvalue weighted by atomic mass is 16.5. The van der Waals surface area contributed by atoms with E-state index in [-0.39, 0.29) is 5.91 Å². The average molecular weight is 414 g/mol. The monoisotopic (exact) mass is 413 g/mol. The smallest absolute Gasteiger partial charge is 0.226 e. The molecule has 1 aromatic heterocycles. The number of piperidine rings is 1. The van der Waals surface area contributed by atoms with E-state index in [1.54, 1.807) is 7.11 Å². The van der Waals surface area contributed by atoms with E-state index in [1.807, 2.05) is 29.2 Å². The van der Waals surface area contributed by atoms with Crippen molar-refractivity contribution in [2.24, 2.45) is 5.92 Å². The van der Waals surface area contributed by atoms with Gasteiger partial charge in [0.05, 0.1) is 7.11 Å². The van der Waals surface area contributed by atoms with Crippen molar-refractivity contribution in [1.82, 2.24) is 15.0 Å². The summed E-state index contributed by atoms with van der Waals surface area (Å²) in [7, 11) is 1.66. The lowest BCUT2D eigenvalue weighted by atomic mass is 9.94. The fourth-order valence-corrected chi connectivity index (χ4v) is 4.42. The van der Waals surface area contributed by atoms with Gasteiger partial charge in [0.1, 0.15) is 5.75 Å². The standard InChI is InChI=1S/C23H31N3O4/c1-28-20-6-2-4-17(14-20)7-8-22(27)26-11-3-5-18(16-26)15-21-24-23(25-30-21)19-9-12-29-13-10-19/h2,4,6,14,18-19H,3,5,7-13,15-16H2,1H3. The molecule has 1 amide bonds. The molecular weight excluding hydrogens is 382 g/mol. The number of benzene rings is 1. The maximum absolute atomic E-state index is 12.8. The highest BCUT2D eigenvalue weighted by Crippen LogP contribution is 2.26. The van der Waals surface area contributed by atoms with E-state index in [0.29, 0.717) is 24.1 Å². The first-order valence-electron chi connectivity index (χ1n) is 11.0. The lowest BCUT2D eigenvalue weighted by molar-refractivity contribution is -0.133. The Labute approximate surface area is 177 Å². The van der Waals surface area contributed by atoms with Gasteiger partial charge in [-0.15, -0.1) is 0 Å². The van der Waals surface area contributed by atoms with Crippen molar-refractivity contribution in [2.45, 2.75) is 50.9 Å². The van der Waals surface area contributed by atoms with Crippen LogP contribution in [0.2, 0.25) is 0 Å². The fraction of sp³-hybridized carbons (Fsp3) is 0.609. The van der Waals surface area contributed by atoms with Gasteiger partial charge in [-0.3, -0.25) is 4.79 Å². The van der Waals surface area contributed by atoms with Crippen molar-refractivity contribution in [3.63, 3.8) is 0 Å². The van der Waals surface area contributed by atoms with Crippen molar-refractivity contribution in [1.29, 1.82) is 0 Å². The van der Waals surface area contributed by atoms with Crippen LogP contribution >= 0.6 is 0 Å². The maximum atomic E-state index is 12.8. The number of amides is 1. The number of aromatic nitrogens is 2. The lowest BCUT2D eigenvalue weighted by Crippen LogP contribution is -2.40. The molecule has 0 N–H and O–H groups in total. The van der Waals surface area contributed by atoms with Crippen LogP contribution in [0.4, 0.5) is 0 Å². The summed E-state index contributed by atoms with van der Waals surface area (Å²) in [6.45, 7) is 3.14. The van der Waals surface area contributed by atoms with E-state index in [4.69, 9.17) is 14.0 Å². The molecule has 1 unspecified atom stereocenters. The quantitative estimate of drug-likeness (QED) is 0.692. The zero-order valence-corrected chi connectivity index (χ0v) is 17.7. The van der Waals surface area contributed by atoms with Crippen molar-refractivity contribution in [3.05, 3.63) is 41.5 Å². The zero-order valence-electron chi connectivity index (χ0n) is 17.7. The highest BCUT2D eigenvalue weighted by Gasteiger charge is 2.26. The predicted octanol–water partition coefficient (Wildman–Crippen LogP) is 3.39. The number of methoxy groups -OCH3 is 1. The van der Waals surface area contributed by atoms with Gasteiger partial charge < -0.3 is 18.9 Å². The molecule has 2 aromatic rings. The van der Waals surface area contributed by atoms with E-state index in [1.165, 1.54) is 0 Å². The third-order valence-electron chi connectivity index (χ3n) is 6.17. The Morgan fingerprint density at radius 3 is 2.97 bits per heavy atom. The van der Waals surface area contributed by atoms with E-state index in [0.717, 1.165) is 82.0 Å². The Hall–Kier alpha value is -2.41. The number of likely N-dealkylation sites (tertiary alicyclic amines) is 1. The van der Waals surface area contributed by atoms with Crippen molar-refractivity contribution in [3.8, 4) is 5.75 Å². The molecule has 2 fully saturated rings. The second kappa shape index (κ2) is 10.1. The molecular formula is C23H31N3O4. The molecule has 30 heavy (non-hydrogen) atoms. The number of carbonyl (C=O) groups excluding carboxylic acids is 1. The van der Waals surface area contributed by atoms with Gasteiger partial charge in [0, 0.05) is 45.1 Å². The topological polar surface area (TPSA) is 77.7 Å². The summed E-state index contributed by atoms with van der Waals surface area (Å²) < 4.78 is 16.2. The van der Waals surface area contributed by atoms with Crippen LogP contribution in [0.5, 0.6) is 5.75 Å². The minimum absolute atomic E-state index is 0.218. The third kappa shape index (κ3) is 5.39. The number of nitrogens with zero attached hydrogens (tertiary/aromatic N) is 3. The normalized spacial score (nSPS) is 20.3. The van der Waals surface area contributed by atoms with Crippen LogP contribution in [0.25, 0.3) is 0 Å². The molecule has 2 saturated heterocycles. The van der Waals surface area contributed by atoms with Gasteiger partial charge >= 0.3 is 0 Å². The van der Waals surface area contributed by atoms with Gasteiger partial charge in [-0.05, 0) is 55.7 Å². The number of hydrogen-bond donors (Lipinski definition) is 0. The van der Waals surface area contributed by atoms with Crippen LogP contribution in [0.15, 0.2) is 28.8 Å². The molecule has 2 aliphatic heterocycles. The Bertz CT molecular complexity index is 831. The Kier molecular flexibility index (Phi) is 7.00. The summed E-state index contributed by atoms with van der Waals surface area (Å²) in [6.07, 6.45) is 6.03. The first-order valence-corrected chi connectivity index (χ1v) is 11.0. The molecule has 0 aliphatic carbocycles. The Balaban J connectivity index is 1.27. The van der Waals surface area contributed by atoms with E-state index < -0.39 is 0 Å². The maximum Gasteiger partial charge on any atom is 0.226 e. The molecule has 1 aromatic carbocycles. The van der Waals surface area contributed by atoms with Crippen molar-refractivity contribution >= 4 is 5.91 Å². The highest BCUT2D eigenvalue weighted by molar-refractivity contribution is 5.76. The molecule has 0 spiro atoms. The second-order valence-corrected chi connectivity index (χ2v) is 8.34. The lowest BCUT2D eigenvalue weighted by Gasteiger charge is -2.32. The van der Waals surface area contributed by atoms with Crippen LogP contribution in [0.3, 0.4) is 0 Å². The summed E-state index contributed by atoms with van der Waals surface area (Å²) in [6, 6.07) is 7.93. The van der Waals surface area contributed by atoms with Gasteiger partial charge in [-0.25, -0.2) is 0 Å². The molecule has 1 atom stereocenters. The molecule has 2 aliphatic rings. The van der Waals surface area contributed by atoms with Crippen LogP contribution in [-0.4, -0.2) is 54.4 Å². The van der Waals surface area contributed by atoms with Crippen LogP contribution in [-0.2, 0) is 22.4 Å². The molecule has 7 heteroatoms. The molecule has 3 heterocycles. The molecule has 0 saturated carbocycles. The van der Waals surface area contributed by atoms with Crippen molar-refractivity contribution < 1.29 is 18.8 Å². The third-order valence-corrected chi connectivity index (χ3v) is 6.17. The Morgan fingerprint density at radius 1 is 1.27 bits per heavy atom. The van der Waals surface area contributed by atoms with Crippen molar-refractivity contribution in [2.75, 3.05) is 33.4 Å². The minimum atomic E-state index is 0.218. The van der Waals surface area contributed by atoms with Gasteiger partial charge in [-0.1, -0.05) is 17.3 Å². The van der Waals surface area contributed by atoms with Crippen LogP contribution in [0.1, 0.15) is 55.3 Å². The summed E-state index contributed by atoms with van der Waals surface area (Å²) in [5, 5.41) is 4.20. The summed E-state index contributed by atoms with van der Waals surface area (Å²) >= 11 is 0. The van der Waals surface area contributed by atoms with Gasteiger partial charge in [0.2, 0.25) is 11.8 Å². The van der Waals surface area contributed by atoms with Crippen LogP contribution in [0, 0.1) is 5.92 Å². The number of carbonyl (C=O) groups is 1. The minimum Gasteiger partial charge on any atom is -0.497 e. The van der Waals surface area contributed by atoms with E-state index in [2.05, 4.69) is 10.1 Å². The first-order chi connectivity index (χ1) is 14.7. The molecule has 0 radical (unpaired) electrons. The number of ether oxygens (including phenoxy) is 2. The number of hydrogen-bond acceptors (Lipinski definition) is 6. The Morgan fingerprint density at radius 2 is 2.13 bits per heavy atom. The second-order valence-electron chi connectivity index (χ2n) is 8.34. The largest absolute Gasteiger partial charge is 0.497 e. The molecule has 162 valence electrons. The van der Waals surface area contributed by atoms with Crippen LogP contribution < -0.4 is 4.74 Å². The number of rotatable bonds is 7. The van der Waals surface area contributed by atoms with Gasteiger partial charge in [-0.2, -0.15) is 4.98 Å². The molecule has 0 bridgehead atoms. The molecule has 7 nitrogen and oxygen atoms in total. The summed E-state index contributed by atoms with van der Waals surface area (Å²) in [4.78, 5) is 19.4. The number of aryl methyl sites for hydroxylation is 1. The fourth-order valence-electron chi connectivity index (χ4n) is 4.42. The average Bonchev–Trinajstić information content (AvgIpc) is 3.27. The predicted molar refractivity (Wildman–Crippen MR) is 111 cm³/mol. The SMILES string of the molecule is COc1cccc(CCC(=O)N2CCCC(Cc3nc(C4CCOCC4)no3)C2)c1. The molecule has 4 rings (SSSR count). The first kappa shape index (κ1) is 20.8.